The maximum Gasteiger partial charge on any atom is 0.0838 e. The Morgan fingerprint density at radius 1 is 2.00 bits per heavy atom. The molecule has 1 atom stereocenters. The average molecular weight is 87.1 g/mol. The fraction of sp³-hybridized carbons (Fsp3) is 0.667. The molecule has 0 aromatic carbocycles. The lowest BCUT2D eigenvalue weighted by atomic mass is 11.0. The second-order valence-electron chi connectivity index (χ2n) is 0.642. The number of nitriles is 1. The molecular weight excluding hydrogens is 81.0 g/mol. The van der Waals surface area contributed by atoms with Crippen molar-refractivity contribution in [2.75, 3.05) is 6.16 Å². The van der Waals surface area contributed by atoms with Crippen LogP contribution in [0.5, 0.6) is 0 Å². The van der Waals surface area contributed by atoms with Gasteiger partial charge in [0.1, 0.15) is 0 Å². The van der Waals surface area contributed by atoms with E-state index in [1.54, 1.807) is 0 Å². The molecule has 1 unspecified atom stereocenters. The lowest BCUT2D eigenvalue weighted by Crippen LogP contribution is -1.47. The van der Waals surface area contributed by atoms with Crippen molar-refractivity contribution in [1.82, 2.24) is 0 Å². The average Bonchev–Trinajstić information content (AvgIpc) is 1.41. The van der Waals surface area contributed by atoms with Crippen molar-refractivity contribution in [3.63, 3.8) is 0 Å². The number of hydrogen-bond acceptors (Lipinski definition) is 1. The monoisotopic (exact) mass is 87.0 g/mol. The maximum absolute atomic E-state index is 7.83. The Morgan fingerprint density at radius 2 is 2.60 bits per heavy atom. The first-order valence-electron chi connectivity index (χ1n) is 1.53. The van der Waals surface area contributed by atoms with Gasteiger partial charge in [0.25, 0.3) is 0 Å². The molecule has 0 saturated carbocycles. The summed E-state index contributed by atoms with van der Waals surface area (Å²) in [6.45, 7) is 2.00. The van der Waals surface area contributed by atoms with Crippen LogP contribution in [0.25, 0.3) is 0 Å². The van der Waals surface area contributed by atoms with E-state index in [1.807, 2.05) is 12.7 Å². The summed E-state index contributed by atoms with van der Waals surface area (Å²) in [5, 5.41) is 7.83. The van der Waals surface area contributed by atoms with Gasteiger partial charge in [0.05, 0.1) is 5.81 Å². The van der Waals surface area contributed by atoms with E-state index in [0.717, 1.165) is 6.16 Å². The zero-order chi connectivity index (χ0) is 4.12. The Kier molecular flexibility index (Phi) is 3.86. The quantitative estimate of drug-likeness (QED) is 0.440. The second-order valence-corrected chi connectivity index (χ2v) is 1.93. The molecule has 0 amide bonds. The first-order valence-corrected chi connectivity index (χ1v) is 2.74. The summed E-state index contributed by atoms with van der Waals surface area (Å²) in [6, 6.07) is 0. The number of nitrogens with zero attached hydrogens (tertiary/aromatic N) is 1. The summed E-state index contributed by atoms with van der Waals surface area (Å²) in [5.74, 6) is 2.05. The van der Waals surface area contributed by atoms with E-state index in [9.17, 15) is 0 Å². The molecule has 0 aliphatic rings. The van der Waals surface area contributed by atoms with Gasteiger partial charge in [-0.2, -0.15) is 5.26 Å². The normalized spacial score (nSPS) is 8.80. The highest BCUT2D eigenvalue weighted by molar-refractivity contribution is 7.43. The third-order valence-electron chi connectivity index (χ3n) is 0.256. The smallest absolute Gasteiger partial charge is 0.0838 e. The van der Waals surface area contributed by atoms with Gasteiger partial charge >= 0.3 is 0 Å². The predicted molar refractivity (Wildman–Crippen MR) is 24.5 cm³/mol. The van der Waals surface area contributed by atoms with E-state index < -0.39 is 0 Å². The zero-order valence-corrected chi connectivity index (χ0v) is 4.15. The SMILES string of the molecule is CCPC#N. The van der Waals surface area contributed by atoms with Crippen LogP contribution in [-0.4, -0.2) is 6.16 Å². The molecule has 0 aromatic heterocycles. The molecule has 0 aliphatic carbocycles. The second kappa shape index (κ2) is 3.92. The molecule has 5 heavy (non-hydrogen) atoms. The van der Waals surface area contributed by atoms with Gasteiger partial charge < -0.3 is 0 Å². The number of rotatable bonds is 1. The molecule has 0 spiro atoms. The summed E-state index contributed by atoms with van der Waals surface area (Å²) in [5.41, 5.74) is 0. The van der Waals surface area contributed by atoms with E-state index in [2.05, 4.69) is 0 Å². The molecule has 28 valence electrons. The van der Waals surface area contributed by atoms with Gasteiger partial charge in [0.2, 0.25) is 0 Å². The topological polar surface area (TPSA) is 23.8 Å². The van der Waals surface area contributed by atoms with E-state index >= 15 is 0 Å². The molecule has 0 aromatic rings. The Labute approximate surface area is 33.8 Å². The lowest BCUT2D eigenvalue weighted by Gasteiger charge is -1.66. The Balaban J connectivity index is 2.48. The fourth-order valence-corrected chi connectivity index (χ4v) is 0.237. The summed E-state index contributed by atoms with van der Waals surface area (Å²) in [6.07, 6.45) is 1.01. The molecule has 0 saturated heterocycles. The highest BCUT2D eigenvalue weighted by Crippen LogP contribution is 2.01. The van der Waals surface area contributed by atoms with Gasteiger partial charge in [0.15, 0.2) is 0 Å². The lowest BCUT2D eigenvalue weighted by molar-refractivity contribution is 1.51. The van der Waals surface area contributed by atoms with Crippen LogP contribution in [0.1, 0.15) is 6.92 Å². The van der Waals surface area contributed by atoms with Crippen molar-refractivity contribution in [1.29, 1.82) is 5.26 Å². The highest BCUT2D eigenvalue weighted by Gasteiger charge is 1.64. The minimum Gasteiger partial charge on any atom is -0.194 e. The third kappa shape index (κ3) is 3.92. The van der Waals surface area contributed by atoms with Gasteiger partial charge in [-0.05, 0) is 14.7 Å². The van der Waals surface area contributed by atoms with Crippen LogP contribution in [-0.2, 0) is 0 Å². The molecule has 0 rings (SSSR count). The minimum absolute atomic E-state index is 0.503. The van der Waals surface area contributed by atoms with Crippen LogP contribution in [0, 0.1) is 11.1 Å². The molecule has 0 fully saturated rings. The molecule has 2 heteroatoms. The van der Waals surface area contributed by atoms with Crippen LogP contribution < -0.4 is 0 Å². The van der Waals surface area contributed by atoms with Crippen molar-refractivity contribution >= 4 is 8.58 Å². The highest BCUT2D eigenvalue weighted by atomic mass is 31.1. The van der Waals surface area contributed by atoms with Crippen LogP contribution in [0.4, 0.5) is 0 Å². The third-order valence-corrected chi connectivity index (χ3v) is 0.768. The van der Waals surface area contributed by atoms with Gasteiger partial charge in [0, 0.05) is 0 Å². The van der Waals surface area contributed by atoms with Crippen LogP contribution in [0.3, 0.4) is 0 Å². The Hall–Kier alpha value is -0.0800. The van der Waals surface area contributed by atoms with Gasteiger partial charge in [-0.1, -0.05) is 6.92 Å². The van der Waals surface area contributed by atoms with Gasteiger partial charge in [-0.15, -0.1) is 0 Å². The molecule has 0 N–H and O–H groups in total. The predicted octanol–water partition coefficient (Wildman–Crippen LogP) is 1.17. The fourth-order valence-electron chi connectivity index (χ4n) is 0.0791. The summed E-state index contributed by atoms with van der Waals surface area (Å²) < 4.78 is 0. The molecule has 1 nitrogen and oxygen atoms in total. The summed E-state index contributed by atoms with van der Waals surface area (Å²) in [4.78, 5) is 0. The largest absolute Gasteiger partial charge is 0.194 e. The summed E-state index contributed by atoms with van der Waals surface area (Å²) >= 11 is 0. The maximum atomic E-state index is 7.83. The van der Waals surface area contributed by atoms with Crippen LogP contribution >= 0.6 is 8.58 Å². The van der Waals surface area contributed by atoms with Crippen molar-refractivity contribution in [3.05, 3.63) is 0 Å². The standard InChI is InChI=1S/C3H6NP/c1-2-5-3-4/h5H,2H2,1H3. The zero-order valence-electron chi connectivity index (χ0n) is 3.15. The van der Waals surface area contributed by atoms with Crippen LogP contribution in [0.15, 0.2) is 0 Å². The molecule has 0 heterocycles. The number of hydrogen-bond donors (Lipinski definition) is 0. The van der Waals surface area contributed by atoms with Crippen molar-refractivity contribution in [2.24, 2.45) is 0 Å². The Morgan fingerprint density at radius 3 is 2.60 bits per heavy atom. The van der Waals surface area contributed by atoms with E-state index in [4.69, 9.17) is 5.26 Å². The minimum atomic E-state index is 0.503. The van der Waals surface area contributed by atoms with Crippen molar-refractivity contribution in [3.8, 4) is 5.81 Å². The molecule has 0 radical (unpaired) electrons. The Bertz CT molecular complexity index is 45.3. The molecule has 0 aliphatic heterocycles. The van der Waals surface area contributed by atoms with E-state index in [-0.39, 0.29) is 0 Å². The molecule has 0 bridgehead atoms. The van der Waals surface area contributed by atoms with Gasteiger partial charge in [-0.25, -0.2) is 0 Å². The van der Waals surface area contributed by atoms with Gasteiger partial charge in [-0.3, -0.25) is 0 Å². The summed E-state index contributed by atoms with van der Waals surface area (Å²) in [7, 11) is 0.503. The van der Waals surface area contributed by atoms with Crippen LogP contribution in [0.2, 0.25) is 0 Å². The first kappa shape index (κ1) is 4.92. The first-order chi connectivity index (χ1) is 2.41. The van der Waals surface area contributed by atoms with E-state index in [1.165, 1.54) is 0 Å². The van der Waals surface area contributed by atoms with Crippen molar-refractivity contribution in [2.45, 2.75) is 6.92 Å². The van der Waals surface area contributed by atoms with Crippen molar-refractivity contribution < 1.29 is 0 Å². The van der Waals surface area contributed by atoms with E-state index in [0.29, 0.717) is 8.58 Å². The molecular formula is C3H6NP.